The van der Waals surface area contributed by atoms with Gasteiger partial charge in [0, 0.05) is 36.0 Å². The molecular weight excluding hydrogens is 298 g/mol. The first-order valence-electron chi connectivity index (χ1n) is 8.00. The Labute approximate surface area is 142 Å². The number of hydrogen-bond donors (Lipinski definition) is 1. The average Bonchev–Trinajstić information content (AvgIpc) is 2.89. The van der Waals surface area contributed by atoms with Gasteiger partial charge in [-0.3, -0.25) is 9.78 Å². The van der Waals surface area contributed by atoms with Crippen LogP contribution in [0.2, 0.25) is 0 Å². The van der Waals surface area contributed by atoms with E-state index in [0.29, 0.717) is 12.1 Å². The van der Waals surface area contributed by atoms with E-state index < -0.39 is 0 Å². The molecule has 0 aliphatic carbocycles. The number of aromatic nitrogens is 2. The number of nitrogens with one attached hydrogen (secondary N) is 1. The Bertz CT molecular complexity index is 866. The summed E-state index contributed by atoms with van der Waals surface area (Å²) in [6, 6.07) is 14.0. The second-order valence-electron chi connectivity index (χ2n) is 5.95. The summed E-state index contributed by atoms with van der Waals surface area (Å²) in [5, 5.41) is 2.97. The summed E-state index contributed by atoms with van der Waals surface area (Å²) in [6.07, 6.45) is 3.48. The van der Waals surface area contributed by atoms with Crippen molar-refractivity contribution in [3.8, 4) is 5.69 Å². The van der Waals surface area contributed by atoms with E-state index in [9.17, 15) is 4.79 Å². The van der Waals surface area contributed by atoms with E-state index in [-0.39, 0.29) is 5.91 Å². The first-order valence-corrected chi connectivity index (χ1v) is 8.00. The van der Waals surface area contributed by atoms with Crippen LogP contribution in [-0.4, -0.2) is 15.5 Å². The zero-order valence-corrected chi connectivity index (χ0v) is 14.2. The van der Waals surface area contributed by atoms with E-state index in [0.717, 1.165) is 22.6 Å². The molecule has 0 aliphatic heterocycles. The van der Waals surface area contributed by atoms with Crippen molar-refractivity contribution in [1.82, 2.24) is 14.9 Å². The zero-order valence-electron chi connectivity index (χ0n) is 14.2. The van der Waals surface area contributed by atoms with Gasteiger partial charge in [-0.1, -0.05) is 24.3 Å². The molecule has 3 rings (SSSR count). The third-order valence-electron chi connectivity index (χ3n) is 4.21. The monoisotopic (exact) mass is 319 g/mol. The van der Waals surface area contributed by atoms with Crippen LogP contribution >= 0.6 is 0 Å². The molecule has 1 aromatic carbocycles. The summed E-state index contributed by atoms with van der Waals surface area (Å²) < 4.78 is 2.13. The van der Waals surface area contributed by atoms with Crippen LogP contribution in [0.3, 0.4) is 0 Å². The van der Waals surface area contributed by atoms with Crippen LogP contribution in [0.5, 0.6) is 0 Å². The first-order chi connectivity index (χ1) is 11.6. The predicted molar refractivity (Wildman–Crippen MR) is 95.4 cm³/mol. The molecule has 122 valence electrons. The number of carbonyl (C=O) groups is 1. The number of nitrogens with zero attached hydrogens (tertiary/aromatic N) is 2. The van der Waals surface area contributed by atoms with E-state index in [1.807, 2.05) is 44.2 Å². The maximum absolute atomic E-state index is 12.6. The highest BCUT2D eigenvalue weighted by Crippen LogP contribution is 2.23. The quantitative estimate of drug-likeness (QED) is 0.796. The Kier molecular flexibility index (Phi) is 4.47. The minimum absolute atomic E-state index is 0.0632. The van der Waals surface area contributed by atoms with Crippen molar-refractivity contribution in [2.75, 3.05) is 0 Å². The third-order valence-corrected chi connectivity index (χ3v) is 4.21. The smallest absolute Gasteiger partial charge is 0.253 e. The number of carbonyl (C=O) groups excluding carboxylic acids is 1. The summed E-state index contributed by atoms with van der Waals surface area (Å²) in [7, 11) is 0. The van der Waals surface area contributed by atoms with Crippen LogP contribution in [0.1, 0.15) is 32.9 Å². The van der Waals surface area contributed by atoms with Gasteiger partial charge in [-0.2, -0.15) is 0 Å². The lowest BCUT2D eigenvalue weighted by Gasteiger charge is -2.12. The van der Waals surface area contributed by atoms with Gasteiger partial charge in [0.1, 0.15) is 0 Å². The molecule has 24 heavy (non-hydrogen) atoms. The van der Waals surface area contributed by atoms with Gasteiger partial charge in [-0.25, -0.2) is 0 Å². The lowest BCUT2D eigenvalue weighted by Crippen LogP contribution is -2.23. The molecule has 2 heterocycles. The van der Waals surface area contributed by atoms with Crippen molar-refractivity contribution in [1.29, 1.82) is 0 Å². The largest absolute Gasteiger partial charge is 0.348 e. The number of hydrogen-bond acceptors (Lipinski definition) is 2. The first kappa shape index (κ1) is 16.0. The fourth-order valence-electron chi connectivity index (χ4n) is 2.96. The minimum Gasteiger partial charge on any atom is -0.348 e. The topological polar surface area (TPSA) is 46.9 Å². The van der Waals surface area contributed by atoms with Gasteiger partial charge in [0.2, 0.25) is 0 Å². The number of rotatable bonds is 4. The van der Waals surface area contributed by atoms with Crippen LogP contribution in [0.25, 0.3) is 5.69 Å². The van der Waals surface area contributed by atoms with Crippen molar-refractivity contribution >= 4 is 5.91 Å². The Morgan fingerprint density at radius 2 is 1.92 bits per heavy atom. The van der Waals surface area contributed by atoms with Gasteiger partial charge in [0.15, 0.2) is 0 Å². The molecule has 0 bridgehead atoms. The SMILES string of the molecule is Cc1ccccc1-n1c(C)cc(C(=O)NCc2cccnc2)c1C. The number of aryl methyl sites for hydroxylation is 2. The molecule has 1 N–H and O–H groups in total. The van der Waals surface area contributed by atoms with E-state index in [1.54, 1.807) is 12.4 Å². The van der Waals surface area contributed by atoms with Crippen molar-refractivity contribution in [2.24, 2.45) is 0 Å². The van der Waals surface area contributed by atoms with Gasteiger partial charge in [-0.15, -0.1) is 0 Å². The number of benzene rings is 1. The van der Waals surface area contributed by atoms with Crippen LogP contribution in [0, 0.1) is 20.8 Å². The molecule has 0 spiro atoms. The lowest BCUT2D eigenvalue weighted by atomic mass is 10.2. The molecule has 4 heteroatoms. The van der Waals surface area contributed by atoms with E-state index in [1.165, 1.54) is 5.56 Å². The Morgan fingerprint density at radius 3 is 2.62 bits per heavy atom. The molecule has 0 unspecified atom stereocenters. The van der Waals surface area contributed by atoms with Crippen molar-refractivity contribution in [2.45, 2.75) is 27.3 Å². The molecule has 0 radical (unpaired) electrons. The molecule has 3 aromatic rings. The highest BCUT2D eigenvalue weighted by molar-refractivity contribution is 5.95. The van der Waals surface area contributed by atoms with Gasteiger partial charge < -0.3 is 9.88 Å². The molecule has 0 atom stereocenters. The highest BCUT2D eigenvalue weighted by Gasteiger charge is 2.17. The molecule has 2 aromatic heterocycles. The normalized spacial score (nSPS) is 10.6. The van der Waals surface area contributed by atoms with Crippen molar-refractivity contribution in [3.63, 3.8) is 0 Å². The van der Waals surface area contributed by atoms with Crippen molar-refractivity contribution < 1.29 is 4.79 Å². The second kappa shape index (κ2) is 6.71. The molecular formula is C20H21N3O. The molecule has 0 aliphatic rings. The molecule has 4 nitrogen and oxygen atoms in total. The van der Waals surface area contributed by atoms with Crippen LogP contribution in [0.4, 0.5) is 0 Å². The van der Waals surface area contributed by atoms with Crippen LogP contribution < -0.4 is 5.32 Å². The Morgan fingerprint density at radius 1 is 1.12 bits per heavy atom. The van der Waals surface area contributed by atoms with Crippen LogP contribution in [0.15, 0.2) is 54.9 Å². The summed E-state index contributed by atoms with van der Waals surface area (Å²) in [4.78, 5) is 16.6. The Balaban J connectivity index is 1.86. The minimum atomic E-state index is -0.0632. The maximum atomic E-state index is 12.6. The second-order valence-corrected chi connectivity index (χ2v) is 5.95. The summed E-state index contributed by atoms with van der Waals surface area (Å²) in [5.74, 6) is -0.0632. The third kappa shape index (κ3) is 3.08. The van der Waals surface area contributed by atoms with Gasteiger partial charge in [0.25, 0.3) is 5.91 Å². The average molecular weight is 319 g/mol. The Hall–Kier alpha value is -2.88. The van der Waals surface area contributed by atoms with Crippen molar-refractivity contribution in [3.05, 3.63) is 82.9 Å². The van der Waals surface area contributed by atoms with Crippen LogP contribution in [-0.2, 0) is 6.54 Å². The van der Waals surface area contributed by atoms with E-state index in [4.69, 9.17) is 0 Å². The molecule has 0 saturated carbocycles. The van der Waals surface area contributed by atoms with Gasteiger partial charge in [0.05, 0.1) is 5.56 Å². The number of amides is 1. The maximum Gasteiger partial charge on any atom is 0.253 e. The molecule has 1 amide bonds. The summed E-state index contributed by atoms with van der Waals surface area (Å²) in [5.41, 5.74) is 5.98. The predicted octanol–water partition coefficient (Wildman–Crippen LogP) is 3.73. The number of pyridine rings is 1. The summed E-state index contributed by atoms with van der Waals surface area (Å²) in [6.45, 7) is 6.56. The zero-order chi connectivity index (χ0) is 17.1. The fraction of sp³-hybridized carbons (Fsp3) is 0.200. The van der Waals surface area contributed by atoms with E-state index in [2.05, 4.69) is 33.9 Å². The molecule has 0 saturated heterocycles. The number of para-hydroxylation sites is 1. The lowest BCUT2D eigenvalue weighted by molar-refractivity contribution is 0.0950. The van der Waals surface area contributed by atoms with Gasteiger partial charge in [-0.05, 0) is 50.1 Å². The standard InChI is InChI=1S/C20H21N3O/c1-14-7-4-5-9-19(14)23-15(2)11-18(16(23)3)20(24)22-13-17-8-6-10-21-12-17/h4-12H,13H2,1-3H3,(H,22,24). The molecule has 0 fully saturated rings. The van der Waals surface area contributed by atoms with Gasteiger partial charge >= 0.3 is 0 Å². The summed E-state index contributed by atoms with van der Waals surface area (Å²) >= 11 is 0. The highest BCUT2D eigenvalue weighted by atomic mass is 16.1. The fourth-order valence-corrected chi connectivity index (χ4v) is 2.96. The van der Waals surface area contributed by atoms with E-state index >= 15 is 0 Å².